The number of carbonyl (C=O) groups is 1. The summed E-state index contributed by atoms with van der Waals surface area (Å²) in [5.74, 6) is 0.385. The minimum atomic E-state index is -0.576. The fourth-order valence-corrected chi connectivity index (χ4v) is 4.39. The number of thiophene rings is 1. The lowest BCUT2D eigenvalue weighted by molar-refractivity contribution is 0.0563. The van der Waals surface area contributed by atoms with Crippen molar-refractivity contribution in [1.29, 1.82) is 0 Å². The number of fused-ring (bicyclic) bond motifs is 1. The molecule has 6 nitrogen and oxygen atoms in total. The van der Waals surface area contributed by atoms with Crippen LogP contribution in [-0.2, 0) is 11.3 Å². The van der Waals surface area contributed by atoms with Gasteiger partial charge in [-0.3, -0.25) is 9.36 Å². The SMILES string of the molecule is COC(=O)c1ccc(Cn2c(-c3ccccc3Cl)nc3sc(C)c(C)c3c2=O)o1. The maximum atomic E-state index is 13.4. The van der Waals surface area contributed by atoms with Crippen LogP contribution in [0.25, 0.3) is 21.6 Å². The van der Waals surface area contributed by atoms with Gasteiger partial charge in [-0.05, 0) is 43.7 Å². The van der Waals surface area contributed by atoms with Crippen molar-refractivity contribution in [2.24, 2.45) is 0 Å². The summed E-state index contributed by atoms with van der Waals surface area (Å²) in [4.78, 5) is 31.6. The van der Waals surface area contributed by atoms with Gasteiger partial charge in [-0.25, -0.2) is 9.78 Å². The molecule has 0 aliphatic rings. The summed E-state index contributed by atoms with van der Waals surface area (Å²) in [6, 6.07) is 10.4. The summed E-state index contributed by atoms with van der Waals surface area (Å²) in [7, 11) is 1.28. The molecule has 0 saturated heterocycles. The van der Waals surface area contributed by atoms with Crippen LogP contribution in [0, 0.1) is 13.8 Å². The molecular formula is C21H17ClN2O4S. The second-order valence-corrected chi connectivity index (χ2v) is 8.14. The number of furan rings is 1. The Bertz CT molecular complexity index is 1300. The molecule has 0 fully saturated rings. The summed E-state index contributed by atoms with van der Waals surface area (Å²) in [5, 5.41) is 1.08. The molecule has 4 aromatic rings. The first-order valence-corrected chi connectivity index (χ1v) is 10.0. The highest BCUT2D eigenvalue weighted by atomic mass is 35.5. The Labute approximate surface area is 175 Å². The van der Waals surface area contributed by atoms with Crippen LogP contribution in [-0.4, -0.2) is 22.6 Å². The molecule has 29 heavy (non-hydrogen) atoms. The highest BCUT2D eigenvalue weighted by Gasteiger charge is 2.20. The van der Waals surface area contributed by atoms with Crippen LogP contribution in [0.2, 0.25) is 5.02 Å². The molecule has 0 N–H and O–H groups in total. The van der Waals surface area contributed by atoms with E-state index in [0.29, 0.717) is 32.4 Å². The number of esters is 1. The van der Waals surface area contributed by atoms with E-state index in [-0.39, 0.29) is 17.9 Å². The third-order valence-electron chi connectivity index (χ3n) is 4.77. The molecule has 3 heterocycles. The predicted octanol–water partition coefficient (Wildman–Crippen LogP) is 4.82. The van der Waals surface area contributed by atoms with E-state index < -0.39 is 5.97 Å². The normalized spacial score (nSPS) is 11.2. The van der Waals surface area contributed by atoms with Gasteiger partial charge in [0.25, 0.3) is 5.56 Å². The molecule has 148 valence electrons. The number of aromatic nitrogens is 2. The second-order valence-electron chi connectivity index (χ2n) is 6.53. The molecule has 0 atom stereocenters. The van der Waals surface area contributed by atoms with Crippen LogP contribution in [0.1, 0.15) is 26.8 Å². The van der Waals surface area contributed by atoms with Crippen molar-refractivity contribution in [3.8, 4) is 11.4 Å². The molecule has 0 aliphatic carbocycles. The number of hydrogen-bond acceptors (Lipinski definition) is 6. The second kappa shape index (κ2) is 7.50. The number of aryl methyl sites for hydroxylation is 2. The lowest BCUT2D eigenvalue weighted by atomic mass is 10.1. The summed E-state index contributed by atoms with van der Waals surface area (Å²) in [5.41, 5.74) is 1.39. The molecule has 8 heteroatoms. The molecule has 0 amide bonds. The highest BCUT2D eigenvalue weighted by molar-refractivity contribution is 7.18. The van der Waals surface area contributed by atoms with Crippen LogP contribution in [0.15, 0.2) is 45.6 Å². The van der Waals surface area contributed by atoms with Crippen LogP contribution >= 0.6 is 22.9 Å². The van der Waals surface area contributed by atoms with E-state index in [1.807, 2.05) is 32.0 Å². The van der Waals surface area contributed by atoms with Crippen molar-refractivity contribution in [2.45, 2.75) is 20.4 Å². The molecular weight excluding hydrogens is 412 g/mol. The average molecular weight is 429 g/mol. The van der Waals surface area contributed by atoms with Gasteiger partial charge >= 0.3 is 5.97 Å². The lowest BCUT2D eigenvalue weighted by Crippen LogP contribution is -2.24. The molecule has 0 radical (unpaired) electrons. The quantitative estimate of drug-likeness (QED) is 0.435. The molecule has 3 aromatic heterocycles. The lowest BCUT2D eigenvalue weighted by Gasteiger charge is -2.13. The number of hydrogen-bond donors (Lipinski definition) is 0. The first-order chi connectivity index (χ1) is 13.9. The molecule has 0 spiro atoms. The van der Waals surface area contributed by atoms with E-state index in [1.165, 1.54) is 29.1 Å². The third kappa shape index (κ3) is 3.36. The minimum absolute atomic E-state index is 0.0754. The van der Waals surface area contributed by atoms with Gasteiger partial charge in [0.2, 0.25) is 5.76 Å². The third-order valence-corrected chi connectivity index (χ3v) is 6.20. The Morgan fingerprint density at radius 2 is 2.00 bits per heavy atom. The molecule has 1 aromatic carbocycles. The minimum Gasteiger partial charge on any atom is -0.463 e. The summed E-state index contributed by atoms with van der Waals surface area (Å²) in [6.45, 7) is 3.99. The van der Waals surface area contributed by atoms with Crippen LogP contribution in [0.5, 0.6) is 0 Å². The summed E-state index contributed by atoms with van der Waals surface area (Å²) in [6.07, 6.45) is 0. The number of rotatable bonds is 4. The fraction of sp³-hybridized carbons (Fsp3) is 0.190. The maximum absolute atomic E-state index is 13.4. The fourth-order valence-electron chi connectivity index (χ4n) is 3.15. The van der Waals surface area contributed by atoms with Crippen LogP contribution < -0.4 is 5.56 Å². The van der Waals surface area contributed by atoms with E-state index in [2.05, 4.69) is 4.74 Å². The summed E-state index contributed by atoms with van der Waals surface area (Å²) >= 11 is 7.88. The maximum Gasteiger partial charge on any atom is 0.373 e. The first kappa shape index (κ1) is 19.4. The van der Waals surface area contributed by atoms with Crippen LogP contribution in [0.4, 0.5) is 0 Å². The Hall–Kier alpha value is -2.90. The molecule has 0 bridgehead atoms. The van der Waals surface area contributed by atoms with Crippen molar-refractivity contribution < 1.29 is 13.9 Å². The van der Waals surface area contributed by atoms with Gasteiger partial charge < -0.3 is 9.15 Å². The van der Waals surface area contributed by atoms with Crippen molar-refractivity contribution in [2.75, 3.05) is 7.11 Å². The summed E-state index contributed by atoms with van der Waals surface area (Å²) < 4.78 is 11.8. The van der Waals surface area contributed by atoms with Gasteiger partial charge in [-0.15, -0.1) is 11.3 Å². The van der Waals surface area contributed by atoms with Crippen molar-refractivity contribution >= 4 is 39.1 Å². The first-order valence-electron chi connectivity index (χ1n) is 8.83. The average Bonchev–Trinajstić information content (AvgIpc) is 3.28. The number of ether oxygens (including phenoxy) is 1. The van der Waals surface area contributed by atoms with E-state index in [1.54, 1.807) is 12.1 Å². The number of halogens is 1. The van der Waals surface area contributed by atoms with E-state index in [4.69, 9.17) is 21.0 Å². The monoisotopic (exact) mass is 428 g/mol. The standard InChI is InChI=1S/C21H17ClN2O4S/c1-11-12(2)29-19-17(11)20(25)24(10-13-8-9-16(28-13)21(26)27-3)18(23-19)14-6-4-5-7-15(14)22/h4-9H,10H2,1-3H3. The van der Waals surface area contributed by atoms with E-state index >= 15 is 0 Å². The zero-order valence-electron chi connectivity index (χ0n) is 16.0. The largest absolute Gasteiger partial charge is 0.463 e. The Morgan fingerprint density at radius 1 is 1.24 bits per heavy atom. The zero-order valence-corrected chi connectivity index (χ0v) is 17.6. The molecule has 0 aliphatic heterocycles. The number of benzene rings is 1. The van der Waals surface area contributed by atoms with Gasteiger partial charge in [-0.2, -0.15) is 0 Å². The van der Waals surface area contributed by atoms with Crippen LogP contribution in [0.3, 0.4) is 0 Å². The van der Waals surface area contributed by atoms with Gasteiger partial charge in [0.1, 0.15) is 16.4 Å². The smallest absolute Gasteiger partial charge is 0.373 e. The Balaban J connectivity index is 1.94. The van der Waals surface area contributed by atoms with Gasteiger partial charge in [0, 0.05) is 10.4 Å². The van der Waals surface area contributed by atoms with Crippen molar-refractivity contribution in [3.05, 3.63) is 73.7 Å². The van der Waals surface area contributed by atoms with Crippen molar-refractivity contribution in [1.82, 2.24) is 9.55 Å². The predicted molar refractivity (Wildman–Crippen MR) is 113 cm³/mol. The zero-order chi connectivity index (χ0) is 20.7. The molecule has 4 rings (SSSR count). The van der Waals surface area contributed by atoms with E-state index in [9.17, 15) is 9.59 Å². The molecule has 0 saturated carbocycles. The number of methoxy groups -OCH3 is 1. The Morgan fingerprint density at radius 3 is 2.72 bits per heavy atom. The van der Waals surface area contributed by atoms with Gasteiger partial charge in [-0.1, -0.05) is 23.7 Å². The molecule has 0 unspecified atom stereocenters. The number of nitrogens with zero attached hydrogens (tertiary/aromatic N) is 2. The Kier molecular flexibility index (Phi) is 5.02. The van der Waals surface area contributed by atoms with E-state index in [0.717, 1.165) is 10.4 Å². The van der Waals surface area contributed by atoms with Crippen molar-refractivity contribution in [3.63, 3.8) is 0 Å². The van der Waals surface area contributed by atoms with Gasteiger partial charge in [0.15, 0.2) is 0 Å². The van der Waals surface area contributed by atoms with Gasteiger partial charge in [0.05, 0.1) is 24.1 Å². The topological polar surface area (TPSA) is 74.3 Å². The number of carbonyl (C=O) groups excluding carboxylic acids is 1. The highest BCUT2D eigenvalue weighted by Crippen LogP contribution is 2.31.